The van der Waals surface area contributed by atoms with Crippen LogP contribution >= 0.6 is 0 Å². The molecule has 25 heavy (non-hydrogen) atoms. The zero-order chi connectivity index (χ0) is 18.6. The van der Waals surface area contributed by atoms with Gasteiger partial charge in [0, 0.05) is 38.3 Å². The highest BCUT2D eigenvalue weighted by Gasteiger charge is 2.23. The number of benzene rings is 1. The Kier molecular flexibility index (Phi) is 6.60. The molecule has 2 atom stereocenters. The van der Waals surface area contributed by atoms with Gasteiger partial charge in [-0.15, -0.1) is 0 Å². The summed E-state index contributed by atoms with van der Waals surface area (Å²) in [4.78, 5) is 16.7. The van der Waals surface area contributed by atoms with Crippen LogP contribution in [0.15, 0.2) is 24.3 Å². The van der Waals surface area contributed by atoms with E-state index in [1.807, 2.05) is 31.2 Å². The Labute approximate surface area is 151 Å². The van der Waals surface area contributed by atoms with Crippen molar-refractivity contribution in [3.05, 3.63) is 35.4 Å². The average Bonchev–Trinajstić information content (AvgIpc) is 2.51. The summed E-state index contributed by atoms with van der Waals surface area (Å²) in [6.45, 7) is 13.2. The van der Waals surface area contributed by atoms with E-state index in [2.05, 4.69) is 18.7 Å². The molecule has 0 bridgehead atoms. The summed E-state index contributed by atoms with van der Waals surface area (Å²) < 4.78 is 5.77. The molecular weight excluding hydrogens is 316 g/mol. The predicted molar refractivity (Wildman–Crippen MR) is 99.6 cm³/mol. The third-order valence-corrected chi connectivity index (χ3v) is 4.35. The van der Waals surface area contributed by atoms with E-state index in [9.17, 15) is 9.90 Å². The van der Waals surface area contributed by atoms with Crippen LogP contribution < -0.4 is 0 Å². The van der Waals surface area contributed by atoms with Crippen molar-refractivity contribution < 1.29 is 14.6 Å². The number of carbonyl (C=O) groups is 1. The van der Waals surface area contributed by atoms with Crippen LogP contribution in [-0.2, 0) is 11.3 Å². The van der Waals surface area contributed by atoms with Crippen LogP contribution in [0.25, 0.3) is 0 Å². The van der Waals surface area contributed by atoms with Crippen molar-refractivity contribution in [3.8, 4) is 0 Å². The lowest BCUT2D eigenvalue weighted by atomic mass is 10.1. The van der Waals surface area contributed by atoms with Crippen molar-refractivity contribution in [2.45, 2.75) is 59.0 Å². The fourth-order valence-electron chi connectivity index (χ4n) is 3.40. The number of amides is 1. The normalized spacial score (nSPS) is 22.0. The molecule has 1 aromatic carbocycles. The standard InChI is InChI=1S/C20H32N2O3/c1-6-22(14-20(4,5)24)19(23)18-9-7-17(8-10-18)13-21-11-15(2)25-16(3)12-21/h7-10,15-16,24H,6,11-14H2,1-5H3. The molecule has 140 valence electrons. The van der Waals surface area contributed by atoms with Gasteiger partial charge in [0.05, 0.1) is 17.8 Å². The Balaban J connectivity index is 2.00. The van der Waals surface area contributed by atoms with Gasteiger partial charge >= 0.3 is 0 Å². The Morgan fingerprint density at radius 3 is 2.28 bits per heavy atom. The predicted octanol–water partition coefficient (Wildman–Crippen LogP) is 2.53. The maximum atomic E-state index is 12.6. The quantitative estimate of drug-likeness (QED) is 0.858. The molecule has 1 N–H and O–H groups in total. The minimum Gasteiger partial charge on any atom is -0.389 e. The van der Waals surface area contributed by atoms with Gasteiger partial charge in [0.15, 0.2) is 0 Å². The molecular formula is C20H32N2O3. The molecule has 1 aliphatic rings. The minimum atomic E-state index is -0.894. The molecule has 0 radical (unpaired) electrons. The van der Waals surface area contributed by atoms with Gasteiger partial charge in [0.2, 0.25) is 0 Å². The topological polar surface area (TPSA) is 53.0 Å². The van der Waals surface area contributed by atoms with Crippen LogP contribution in [-0.4, -0.2) is 64.8 Å². The van der Waals surface area contributed by atoms with Crippen LogP contribution in [0.4, 0.5) is 0 Å². The van der Waals surface area contributed by atoms with Gasteiger partial charge in [-0.2, -0.15) is 0 Å². The molecule has 2 unspecified atom stereocenters. The number of aliphatic hydroxyl groups is 1. The molecule has 1 amide bonds. The number of hydrogen-bond acceptors (Lipinski definition) is 4. The lowest BCUT2D eigenvalue weighted by Crippen LogP contribution is -2.44. The average molecular weight is 348 g/mol. The Morgan fingerprint density at radius 1 is 1.24 bits per heavy atom. The second-order valence-electron chi connectivity index (χ2n) is 7.78. The second-order valence-corrected chi connectivity index (χ2v) is 7.78. The molecule has 0 saturated carbocycles. The summed E-state index contributed by atoms with van der Waals surface area (Å²) in [5.41, 5.74) is 0.969. The maximum Gasteiger partial charge on any atom is 0.253 e. The van der Waals surface area contributed by atoms with E-state index in [4.69, 9.17) is 4.74 Å². The van der Waals surface area contributed by atoms with Gasteiger partial charge in [-0.25, -0.2) is 0 Å². The lowest BCUT2D eigenvalue weighted by molar-refractivity contribution is -0.0704. The van der Waals surface area contributed by atoms with Crippen molar-refractivity contribution in [2.75, 3.05) is 26.2 Å². The Bertz CT molecular complexity index is 555. The molecule has 0 aliphatic carbocycles. The first-order valence-corrected chi connectivity index (χ1v) is 9.16. The zero-order valence-electron chi connectivity index (χ0n) is 16.2. The van der Waals surface area contributed by atoms with Crippen molar-refractivity contribution in [3.63, 3.8) is 0 Å². The molecule has 1 heterocycles. The molecule has 1 aromatic rings. The summed E-state index contributed by atoms with van der Waals surface area (Å²) in [5.74, 6) is -0.0372. The van der Waals surface area contributed by atoms with Crippen molar-refractivity contribution in [1.82, 2.24) is 9.80 Å². The number of hydrogen-bond donors (Lipinski definition) is 1. The molecule has 1 aliphatic heterocycles. The maximum absolute atomic E-state index is 12.6. The van der Waals surface area contributed by atoms with Crippen LogP contribution in [0.5, 0.6) is 0 Å². The van der Waals surface area contributed by atoms with Crippen LogP contribution in [0.3, 0.4) is 0 Å². The first-order chi connectivity index (χ1) is 11.7. The Morgan fingerprint density at radius 2 is 1.80 bits per heavy atom. The summed E-state index contributed by atoms with van der Waals surface area (Å²) in [6.07, 6.45) is 0.508. The third-order valence-electron chi connectivity index (χ3n) is 4.35. The number of rotatable bonds is 6. The first kappa shape index (κ1) is 19.9. The molecule has 5 nitrogen and oxygen atoms in total. The molecule has 0 aromatic heterocycles. The van der Waals surface area contributed by atoms with Crippen LogP contribution in [0.2, 0.25) is 0 Å². The molecule has 2 rings (SSSR count). The first-order valence-electron chi connectivity index (χ1n) is 9.16. The van der Waals surface area contributed by atoms with Gasteiger partial charge in [0.1, 0.15) is 0 Å². The van der Waals surface area contributed by atoms with E-state index >= 15 is 0 Å². The third kappa shape index (κ3) is 6.10. The number of likely N-dealkylation sites (N-methyl/N-ethyl adjacent to an activating group) is 1. The van der Waals surface area contributed by atoms with Gasteiger partial charge in [-0.1, -0.05) is 12.1 Å². The fraction of sp³-hybridized carbons (Fsp3) is 0.650. The smallest absolute Gasteiger partial charge is 0.253 e. The molecule has 1 saturated heterocycles. The van der Waals surface area contributed by atoms with Crippen molar-refractivity contribution >= 4 is 5.91 Å². The minimum absolute atomic E-state index is 0.0372. The highest BCUT2D eigenvalue weighted by atomic mass is 16.5. The lowest BCUT2D eigenvalue weighted by Gasteiger charge is -2.35. The fourth-order valence-corrected chi connectivity index (χ4v) is 3.40. The van der Waals surface area contributed by atoms with Gasteiger partial charge in [0.25, 0.3) is 5.91 Å². The van der Waals surface area contributed by atoms with E-state index in [0.717, 1.165) is 19.6 Å². The number of ether oxygens (including phenoxy) is 1. The van der Waals surface area contributed by atoms with Gasteiger partial charge in [-0.3, -0.25) is 9.69 Å². The number of morpholine rings is 1. The van der Waals surface area contributed by atoms with Crippen molar-refractivity contribution in [2.24, 2.45) is 0 Å². The monoisotopic (exact) mass is 348 g/mol. The highest BCUT2D eigenvalue weighted by Crippen LogP contribution is 2.16. The van der Waals surface area contributed by atoms with E-state index in [1.165, 1.54) is 5.56 Å². The van der Waals surface area contributed by atoms with E-state index in [-0.39, 0.29) is 18.1 Å². The largest absolute Gasteiger partial charge is 0.389 e. The Hall–Kier alpha value is -1.43. The van der Waals surface area contributed by atoms with E-state index in [0.29, 0.717) is 18.7 Å². The number of nitrogens with zero attached hydrogens (tertiary/aromatic N) is 2. The SMILES string of the molecule is CCN(CC(C)(C)O)C(=O)c1ccc(CN2CC(C)OC(C)C2)cc1. The van der Waals surface area contributed by atoms with Crippen LogP contribution in [0, 0.1) is 0 Å². The second kappa shape index (κ2) is 8.30. The molecule has 0 spiro atoms. The van der Waals surface area contributed by atoms with E-state index in [1.54, 1.807) is 18.7 Å². The van der Waals surface area contributed by atoms with Crippen LogP contribution in [0.1, 0.15) is 50.5 Å². The summed E-state index contributed by atoms with van der Waals surface area (Å²) >= 11 is 0. The highest BCUT2D eigenvalue weighted by molar-refractivity contribution is 5.94. The van der Waals surface area contributed by atoms with Gasteiger partial charge in [-0.05, 0) is 52.3 Å². The summed E-state index contributed by atoms with van der Waals surface area (Å²) in [7, 11) is 0. The molecule has 1 fully saturated rings. The van der Waals surface area contributed by atoms with Crippen molar-refractivity contribution in [1.29, 1.82) is 0 Å². The van der Waals surface area contributed by atoms with E-state index < -0.39 is 5.60 Å². The summed E-state index contributed by atoms with van der Waals surface area (Å²) in [6, 6.07) is 7.82. The summed E-state index contributed by atoms with van der Waals surface area (Å²) in [5, 5.41) is 9.97. The number of carbonyl (C=O) groups excluding carboxylic acids is 1. The molecule has 5 heteroatoms. The zero-order valence-corrected chi connectivity index (χ0v) is 16.2. The van der Waals surface area contributed by atoms with Gasteiger partial charge < -0.3 is 14.7 Å².